The Morgan fingerprint density at radius 2 is 1.83 bits per heavy atom. The molecule has 0 amide bonds. The lowest BCUT2D eigenvalue weighted by atomic mass is 10.1. The van der Waals surface area contributed by atoms with Crippen LogP contribution in [-0.4, -0.2) is 17.3 Å². The topological polar surface area (TPSA) is 57.4 Å². The van der Waals surface area contributed by atoms with Crippen molar-refractivity contribution in [1.82, 2.24) is 10.2 Å². The van der Waals surface area contributed by atoms with E-state index in [1.807, 2.05) is 56.3 Å². The van der Waals surface area contributed by atoms with E-state index in [2.05, 4.69) is 16.3 Å². The van der Waals surface area contributed by atoms with Crippen molar-refractivity contribution in [2.75, 3.05) is 7.11 Å². The van der Waals surface area contributed by atoms with Crippen LogP contribution in [0.25, 0.3) is 0 Å². The molecule has 0 unspecified atom stereocenters. The molecule has 5 heteroatoms. The number of methoxy groups -OCH3 is 1. The molecule has 0 N–H and O–H groups in total. The van der Waals surface area contributed by atoms with Crippen molar-refractivity contribution in [3.05, 3.63) is 77.0 Å². The van der Waals surface area contributed by atoms with E-state index >= 15 is 0 Å². The normalized spacial score (nSPS) is 12.1. The van der Waals surface area contributed by atoms with Gasteiger partial charge in [-0.2, -0.15) is 0 Å². The van der Waals surface area contributed by atoms with Crippen LogP contribution < -0.4 is 4.74 Å². The first kappa shape index (κ1) is 16.2. The number of nitrogens with zero attached hydrogens (tertiary/aromatic N) is 2. The Morgan fingerprint density at radius 1 is 1.04 bits per heavy atom. The average molecular weight is 324 g/mol. The third-order valence-corrected chi connectivity index (χ3v) is 3.74. The molecule has 0 spiro atoms. The second kappa shape index (κ2) is 7.27. The molecule has 1 heterocycles. The minimum absolute atomic E-state index is 0.225. The maximum absolute atomic E-state index is 5.80. The smallest absolute Gasteiger partial charge is 0.254 e. The average Bonchev–Trinajstić information content (AvgIpc) is 3.06. The number of benzene rings is 2. The fourth-order valence-electron chi connectivity index (χ4n) is 2.44. The number of hydrogen-bond acceptors (Lipinski definition) is 5. The maximum Gasteiger partial charge on any atom is 0.254 e. The second-order valence-corrected chi connectivity index (χ2v) is 5.62. The predicted molar refractivity (Wildman–Crippen MR) is 89.8 cm³/mol. The Balaban J connectivity index is 1.72. The summed E-state index contributed by atoms with van der Waals surface area (Å²) in [7, 11) is 1.62. The van der Waals surface area contributed by atoms with E-state index < -0.39 is 0 Å². The van der Waals surface area contributed by atoms with Gasteiger partial charge in [-0.25, -0.2) is 0 Å². The third-order valence-electron chi connectivity index (χ3n) is 3.74. The SMILES string of the molecule is CO[C@H](c1ccccc1)c1nnc(COc2cc(C)ccc2C)o1. The van der Waals surface area contributed by atoms with E-state index in [1.54, 1.807) is 7.11 Å². The van der Waals surface area contributed by atoms with Gasteiger partial charge in [0.2, 0.25) is 5.89 Å². The summed E-state index contributed by atoms with van der Waals surface area (Å²) in [5.41, 5.74) is 3.18. The van der Waals surface area contributed by atoms with Crippen LogP contribution in [0.4, 0.5) is 0 Å². The van der Waals surface area contributed by atoms with Crippen molar-refractivity contribution >= 4 is 0 Å². The van der Waals surface area contributed by atoms with Crippen LogP contribution in [0.15, 0.2) is 52.9 Å². The molecular formula is C19H20N2O3. The van der Waals surface area contributed by atoms with Crippen molar-refractivity contribution < 1.29 is 13.9 Å². The summed E-state index contributed by atoms with van der Waals surface area (Å²) >= 11 is 0. The highest BCUT2D eigenvalue weighted by molar-refractivity contribution is 5.35. The van der Waals surface area contributed by atoms with Crippen LogP contribution in [0.2, 0.25) is 0 Å². The summed E-state index contributed by atoms with van der Waals surface area (Å²) in [5, 5.41) is 8.15. The van der Waals surface area contributed by atoms with E-state index in [1.165, 1.54) is 0 Å². The van der Waals surface area contributed by atoms with Crippen molar-refractivity contribution in [2.45, 2.75) is 26.6 Å². The number of hydrogen-bond donors (Lipinski definition) is 0. The highest BCUT2D eigenvalue weighted by Crippen LogP contribution is 2.25. The molecule has 3 aromatic rings. The molecule has 0 bridgehead atoms. The molecule has 0 aliphatic heterocycles. The van der Waals surface area contributed by atoms with Crippen LogP contribution in [0, 0.1) is 13.8 Å². The minimum atomic E-state index is -0.381. The van der Waals surface area contributed by atoms with E-state index in [9.17, 15) is 0 Å². The summed E-state index contributed by atoms with van der Waals surface area (Å²) in [6.07, 6.45) is -0.381. The van der Waals surface area contributed by atoms with Gasteiger partial charge in [-0.3, -0.25) is 0 Å². The van der Waals surface area contributed by atoms with Gasteiger partial charge in [0.25, 0.3) is 5.89 Å². The first-order valence-corrected chi connectivity index (χ1v) is 7.77. The molecule has 1 aromatic heterocycles. The van der Waals surface area contributed by atoms with Gasteiger partial charge >= 0.3 is 0 Å². The van der Waals surface area contributed by atoms with Gasteiger partial charge in [-0.15, -0.1) is 10.2 Å². The molecule has 0 aliphatic rings. The van der Waals surface area contributed by atoms with Crippen LogP contribution in [0.1, 0.15) is 34.6 Å². The lowest BCUT2D eigenvalue weighted by Gasteiger charge is -2.11. The van der Waals surface area contributed by atoms with Gasteiger partial charge in [0.15, 0.2) is 12.7 Å². The second-order valence-electron chi connectivity index (χ2n) is 5.62. The van der Waals surface area contributed by atoms with E-state index in [4.69, 9.17) is 13.9 Å². The zero-order chi connectivity index (χ0) is 16.9. The molecule has 3 rings (SSSR count). The monoisotopic (exact) mass is 324 g/mol. The van der Waals surface area contributed by atoms with E-state index in [-0.39, 0.29) is 12.7 Å². The fourth-order valence-corrected chi connectivity index (χ4v) is 2.44. The zero-order valence-electron chi connectivity index (χ0n) is 14.0. The third kappa shape index (κ3) is 3.63. The van der Waals surface area contributed by atoms with Crippen LogP contribution in [0.5, 0.6) is 5.75 Å². The van der Waals surface area contributed by atoms with Crippen molar-refractivity contribution in [1.29, 1.82) is 0 Å². The molecule has 2 aromatic carbocycles. The first-order chi connectivity index (χ1) is 11.7. The quantitative estimate of drug-likeness (QED) is 0.686. The molecule has 0 radical (unpaired) electrons. The van der Waals surface area contributed by atoms with Crippen molar-refractivity contribution in [2.24, 2.45) is 0 Å². The van der Waals surface area contributed by atoms with Crippen molar-refractivity contribution in [3.63, 3.8) is 0 Å². The maximum atomic E-state index is 5.80. The minimum Gasteiger partial charge on any atom is -0.484 e. The van der Waals surface area contributed by atoms with Crippen molar-refractivity contribution in [3.8, 4) is 5.75 Å². The van der Waals surface area contributed by atoms with E-state index in [0.717, 1.165) is 22.4 Å². The standard InChI is InChI=1S/C19H20N2O3/c1-13-9-10-14(2)16(11-13)23-12-17-20-21-19(24-17)18(22-3)15-7-5-4-6-8-15/h4-11,18H,12H2,1-3H3/t18-/m1/s1. The highest BCUT2D eigenvalue weighted by atomic mass is 16.5. The Bertz CT molecular complexity index is 799. The molecular weight excluding hydrogens is 304 g/mol. The Morgan fingerprint density at radius 3 is 2.58 bits per heavy atom. The number of aromatic nitrogens is 2. The van der Waals surface area contributed by atoms with Gasteiger partial charge in [-0.05, 0) is 36.6 Å². The van der Waals surface area contributed by atoms with Gasteiger partial charge in [0.1, 0.15) is 5.75 Å². The number of rotatable bonds is 6. The predicted octanol–water partition coefficient (Wildman–Crippen LogP) is 4.00. The summed E-state index contributed by atoms with van der Waals surface area (Å²) in [4.78, 5) is 0. The molecule has 0 saturated heterocycles. The van der Waals surface area contributed by atoms with Gasteiger partial charge in [0, 0.05) is 7.11 Å². The fraction of sp³-hybridized carbons (Fsp3) is 0.263. The zero-order valence-corrected chi connectivity index (χ0v) is 14.0. The van der Waals surface area contributed by atoms with Gasteiger partial charge < -0.3 is 13.9 Å². The highest BCUT2D eigenvalue weighted by Gasteiger charge is 2.20. The Labute approximate surface area is 141 Å². The molecule has 1 atom stereocenters. The molecule has 124 valence electrons. The Kier molecular flexibility index (Phi) is 4.91. The van der Waals surface area contributed by atoms with Gasteiger partial charge in [-0.1, -0.05) is 42.5 Å². The Hall–Kier alpha value is -2.66. The summed E-state index contributed by atoms with van der Waals surface area (Å²) in [6, 6.07) is 15.8. The first-order valence-electron chi connectivity index (χ1n) is 7.77. The largest absolute Gasteiger partial charge is 0.484 e. The summed E-state index contributed by atoms with van der Waals surface area (Å²) in [5.74, 6) is 1.66. The molecule has 24 heavy (non-hydrogen) atoms. The number of aryl methyl sites for hydroxylation is 2. The van der Waals surface area contributed by atoms with Crippen LogP contribution in [0.3, 0.4) is 0 Å². The lowest BCUT2D eigenvalue weighted by Crippen LogP contribution is -2.03. The van der Waals surface area contributed by atoms with Crippen LogP contribution in [-0.2, 0) is 11.3 Å². The number of ether oxygens (including phenoxy) is 2. The lowest BCUT2D eigenvalue weighted by molar-refractivity contribution is 0.108. The van der Waals surface area contributed by atoms with E-state index in [0.29, 0.717) is 11.8 Å². The molecule has 5 nitrogen and oxygen atoms in total. The molecule has 0 aliphatic carbocycles. The molecule has 0 saturated carbocycles. The summed E-state index contributed by atoms with van der Waals surface area (Å²) < 4.78 is 17.0. The van der Waals surface area contributed by atoms with Crippen LogP contribution >= 0.6 is 0 Å². The molecule has 0 fully saturated rings. The van der Waals surface area contributed by atoms with Gasteiger partial charge in [0.05, 0.1) is 0 Å². The summed E-state index contributed by atoms with van der Waals surface area (Å²) in [6.45, 7) is 4.26.